The highest BCUT2D eigenvalue weighted by molar-refractivity contribution is 8.00. The fraction of sp³-hybridized carbons (Fsp3) is 0.167. The molecule has 1 unspecified atom stereocenters. The molecule has 25 heavy (non-hydrogen) atoms. The number of amides is 2. The molecular formula is C18H16N4O2S. The summed E-state index contributed by atoms with van der Waals surface area (Å²) in [4.78, 5) is 25.4. The first-order valence-electron chi connectivity index (χ1n) is 7.88. The topological polar surface area (TPSA) is 86.9 Å². The van der Waals surface area contributed by atoms with Crippen molar-refractivity contribution in [3.8, 4) is 0 Å². The number of aromatic amines is 1. The third-order valence-electron chi connectivity index (χ3n) is 4.25. The molecule has 4 rings (SSSR count). The molecule has 1 aliphatic rings. The van der Waals surface area contributed by atoms with Gasteiger partial charge in [0.2, 0.25) is 5.91 Å². The quantitative estimate of drug-likeness (QED) is 0.658. The van der Waals surface area contributed by atoms with Crippen molar-refractivity contribution in [3.05, 3.63) is 47.7 Å². The number of thioether (sulfide) groups is 1. The first-order chi connectivity index (χ1) is 12.0. The number of anilines is 2. The van der Waals surface area contributed by atoms with E-state index in [0.717, 1.165) is 21.4 Å². The van der Waals surface area contributed by atoms with E-state index in [9.17, 15) is 9.59 Å². The van der Waals surface area contributed by atoms with E-state index >= 15 is 0 Å². The molecule has 0 radical (unpaired) electrons. The molecule has 6 nitrogen and oxygen atoms in total. The molecule has 0 bridgehead atoms. The van der Waals surface area contributed by atoms with Gasteiger partial charge < -0.3 is 10.6 Å². The van der Waals surface area contributed by atoms with Crippen LogP contribution in [0.4, 0.5) is 11.4 Å². The highest BCUT2D eigenvalue weighted by Gasteiger charge is 2.24. The summed E-state index contributed by atoms with van der Waals surface area (Å²) in [6.45, 7) is 3.85. The second-order valence-corrected chi connectivity index (χ2v) is 7.39. The van der Waals surface area contributed by atoms with Gasteiger partial charge in [-0.1, -0.05) is 6.07 Å². The van der Waals surface area contributed by atoms with E-state index in [2.05, 4.69) is 20.8 Å². The maximum Gasteiger partial charge on any atom is 0.255 e. The van der Waals surface area contributed by atoms with Gasteiger partial charge >= 0.3 is 0 Å². The van der Waals surface area contributed by atoms with Gasteiger partial charge in [0.25, 0.3) is 5.91 Å². The maximum absolute atomic E-state index is 12.6. The van der Waals surface area contributed by atoms with Crippen LogP contribution < -0.4 is 10.6 Å². The summed E-state index contributed by atoms with van der Waals surface area (Å²) in [7, 11) is 0. The van der Waals surface area contributed by atoms with E-state index in [0.29, 0.717) is 16.9 Å². The largest absolute Gasteiger partial charge is 0.324 e. The van der Waals surface area contributed by atoms with Crippen LogP contribution in [0.3, 0.4) is 0 Å². The molecule has 3 aromatic rings. The molecule has 2 heterocycles. The number of benzene rings is 2. The molecule has 0 saturated carbocycles. The van der Waals surface area contributed by atoms with E-state index in [1.807, 2.05) is 32.0 Å². The molecule has 2 aromatic carbocycles. The first kappa shape index (κ1) is 15.7. The summed E-state index contributed by atoms with van der Waals surface area (Å²) < 4.78 is 0. The number of fused-ring (bicyclic) bond motifs is 2. The van der Waals surface area contributed by atoms with Crippen LogP contribution in [0.2, 0.25) is 0 Å². The van der Waals surface area contributed by atoms with Gasteiger partial charge in [0.1, 0.15) is 0 Å². The smallest absolute Gasteiger partial charge is 0.255 e. The lowest BCUT2D eigenvalue weighted by Gasteiger charge is -2.21. The highest BCUT2D eigenvalue weighted by Crippen LogP contribution is 2.36. The Bertz CT molecular complexity index is 1010. The second-order valence-electron chi connectivity index (χ2n) is 6.00. The zero-order valence-corrected chi connectivity index (χ0v) is 14.5. The predicted molar refractivity (Wildman–Crippen MR) is 99.2 cm³/mol. The molecule has 126 valence electrons. The second kappa shape index (κ2) is 5.93. The van der Waals surface area contributed by atoms with Crippen LogP contribution in [-0.2, 0) is 4.79 Å². The average molecular weight is 352 g/mol. The van der Waals surface area contributed by atoms with E-state index in [4.69, 9.17) is 0 Å². The van der Waals surface area contributed by atoms with Crippen LogP contribution in [-0.4, -0.2) is 27.3 Å². The SMILES string of the molecule is Cc1ccc(NC(=O)c2ccc3c(c2)NC(=O)C(C)S3)c2[nH]ncc12. The summed E-state index contributed by atoms with van der Waals surface area (Å²) in [5, 5.41) is 13.6. The van der Waals surface area contributed by atoms with Gasteiger partial charge in [0.05, 0.1) is 28.3 Å². The van der Waals surface area contributed by atoms with Crippen molar-refractivity contribution in [1.29, 1.82) is 0 Å². The number of aryl methyl sites for hydroxylation is 1. The Labute approximate surface area is 148 Å². The van der Waals surface area contributed by atoms with Crippen molar-refractivity contribution >= 4 is 45.9 Å². The Morgan fingerprint density at radius 3 is 2.96 bits per heavy atom. The minimum Gasteiger partial charge on any atom is -0.324 e. The van der Waals surface area contributed by atoms with Crippen LogP contribution in [0.1, 0.15) is 22.8 Å². The van der Waals surface area contributed by atoms with Crippen LogP contribution in [0.5, 0.6) is 0 Å². The predicted octanol–water partition coefficient (Wildman–Crippen LogP) is 3.56. The summed E-state index contributed by atoms with van der Waals surface area (Å²) >= 11 is 1.49. The Morgan fingerprint density at radius 2 is 2.12 bits per heavy atom. The number of hydrogen-bond donors (Lipinski definition) is 3. The fourth-order valence-electron chi connectivity index (χ4n) is 2.82. The lowest BCUT2D eigenvalue weighted by atomic mass is 10.1. The molecule has 0 spiro atoms. The van der Waals surface area contributed by atoms with Crippen LogP contribution in [0, 0.1) is 6.92 Å². The Hall–Kier alpha value is -2.80. The molecule has 2 amide bonds. The number of rotatable bonds is 2. The normalized spacial score (nSPS) is 16.4. The van der Waals surface area contributed by atoms with Gasteiger partial charge in [-0.2, -0.15) is 5.10 Å². The number of nitrogens with one attached hydrogen (secondary N) is 3. The Morgan fingerprint density at radius 1 is 1.28 bits per heavy atom. The van der Waals surface area contributed by atoms with Gasteiger partial charge in [-0.15, -0.1) is 11.8 Å². The van der Waals surface area contributed by atoms with E-state index in [1.54, 1.807) is 18.3 Å². The Kier molecular flexibility index (Phi) is 3.73. The van der Waals surface area contributed by atoms with Crippen molar-refractivity contribution < 1.29 is 9.59 Å². The molecule has 0 saturated heterocycles. The van der Waals surface area contributed by atoms with E-state index < -0.39 is 0 Å². The highest BCUT2D eigenvalue weighted by atomic mass is 32.2. The van der Waals surface area contributed by atoms with Crippen molar-refractivity contribution in [2.24, 2.45) is 0 Å². The minimum atomic E-state index is -0.236. The van der Waals surface area contributed by atoms with Gasteiger partial charge in [-0.05, 0) is 43.7 Å². The van der Waals surface area contributed by atoms with Gasteiger partial charge in [-0.3, -0.25) is 14.7 Å². The minimum absolute atomic E-state index is 0.0484. The third kappa shape index (κ3) is 2.76. The summed E-state index contributed by atoms with van der Waals surface area (Å²) in [6.07, 6.45) is 1.74. The molecule has 1 aromatic heterocycles. The van der Waals surface area contributed by atoms with Crippen LogP contribution >= 0.6 is 11.8 Å². The van der Waals surface area contributed by atoms with Crippen LogP contribution in [0.15, 0.2) is 41.4 Å². The first-order valence-corrected chi connectivity index (χ1v) is 8.76. The fourth-order valence-corrected chi connectivity index (χ4v) is 3.75. The molecule has 1 aliphatic heterocycles. The third-order valence-corrected chi connectivity index (χ3v) is 5.43. The lowest BCUT2D eigenvalue weighted by Crippen LogP contribution is -2.26. The van der Waals surface area contributed by atoms with Crippen LogP contribution in [0.25, 0.3) is 10.9 Å². The molecule has 0 fully saturated rings. The number of nitrogens with zero attached hydrogens (tertiary/aromatic N) is 1. The molecule has 7 heteroatoms. The van der Waals surface area contributed by atoms with E-state index in [1.165, 1.54) is 11.8 Å². The molecular weight excluding hydrogens is 336 g/mol. The van der Waals surface area contributed by atoms with E-state index in [-0.39, 0.29) is 17.1 Å². The summed E-state index contributed by atoms with van der Waals surface area (Å²) in [5.74, 6) is -0.284. The average Bonchev–Trinajstić information content (AvgIpc) is 3.09. The number of hydrogen-bond acceptors (Lipinski definition) is 4. The van der Waals surface area contributed by atoms with Crippen molar-refractivity contribution in [1.82, 2.24) is 10.2 Å². The summed E-state index contributed by atoms with van der Waals surface area (Å²) in [6, 6.07) is 9.14. The van der Waals surface area contributed by atoms with Crippen molar-refractivity contribution in [2.45, 2.75) is 24.0 Å². The van der Waals surface area contributed by atoms with Crippen molar-refractivity contribution in [3.63, 3.8) is 0 Å². The Balaban J connectivity index is 1.63. The number of carbonyl (C=O) groups excluding carboxylic acids is 2. The summed E-state index contributed by atoms with van der Waals surface area (Å²) in [5.41, 5.74) is 3.72. The maximum atomic E-state index is 12.6. The number of carbonyl (C=O) groups is 2. The zero-order valence-electron chi connectivity index (χ0n) is 13.7. The number of H-pyrrole nitrogens is 1. The molecule has 0 aliphatic carbocycles. The standard InChI is InChI=1S/C18H16N4O2S/c1-9-3-5-13(16-12(9)8-19-22-16)20-18(24)11-4-6-15-14(7-11)21-17(23)10(2)25-15/h3-8,10H,1-2H3,(H,19,22)(H,20,24)(H,21,23). The molecule has 3 N–H and O–H groups in total. The molecule has 1 atom stereocenters. The van der Waals surface area contributed by atoms with Gasteiger partial charge in [-0.25, -0.2) is 0 Å². The lowest BCUT2D eigenvalue weighted by molar-refractivity contribution is -0.115. The van der Waals surface area contributed by atoms with Crippen molar-refractivity contribution in [2.75, 3.05) is 10.6 Å². The monoisotopic (exact) mass is 352 g/mol. The zero-order chi connectivity index (χ0) is 17.6. The van der Waals surface area contributed by atoms with Gasteiger partial charge in [0, 0.05) is 15.8 Å². The number of aromatic nitrogens is 2. The van der Waals surface area contributed by atoms with Gasteiger partial charge in [0.15, 0.2) is 0 Å².